The van der Waals surface area contributed by atoms with E-state index in [4.69, 9.17) is 4.74 Å². The van der Waals surface area contributed by atoms with Crippen molar-refractivity contribution in [1.82, 2.24) is 0 Å². The van der Waals surface area contributed by atoms with E-state index in [0.717, 1.165) is 0 Å². The highest BCUT2D eigenvalue weighted by Gasteiger charge is 2.62. The number of rotatable bonds is 2. The molecule has 2 heteroatoms. The molecule has 0 N–H and O–H groups in total. The van der Waals surface area contributed by atoms with Crippen LogP contribution in [0.15, 0.2) is 0 Å². The Morgan fingerprint density at radius 3 is 2.62 bits per heavy atom. The SMILES string of the molecule is CC#C[C@H]1[C@H](C(=O)OCC)C1(C)C. The van der Waals surface area contributed by atoms with Crippen LogP contribution in [0.1, 0.15) is 27.7 Å². The van der Waals surface area contributed by atoms with E-state index in [1.807, 2.05) is 6.92 Å². The zero-order chi connectivity index (χ0) is 10.1. The van der Waals surface area contributed by atoms with Crippen molar-refractivity contribution in [3.8, 4) is 11.8 Å². The number of ether oxygens (including phenoxy) is 1. The van der Waals surface area contributed by atoms with Crippen molar-refractivity contribution in [2.45, 2.75) is 27.7 Å². The van der Waals surface area contributed by atoms with Crippen LogP contribution in [-0.2, 0) is 9.53 Å². The molecule has 0 aliphatic heterocycles. The Bertz CT molecular complexity index is 268. The summed E-state index contributed by atoms with van der Waals surface area (Å²) in [6.45, 7) is 8.20. The van der Waals surface area contributed by atoms with Gasteiger partial charge in [0, 0.05) is 5.92 Å². The van der Waals surface area contributed by atoms with E-state index in [1.54, 1.807) is 6.92 Å². The molecule has 0 aromatic carbocycles. The molecule has 13 heavy (non-hydrogen) atoms. The molecule has 0 unspecified atom stereocenters. The van der Waals surface area contributed by atoms with Crippen LogP contribution in [0.4, 0.5) is 0 Å². The summed E-state index contributed by atoms with van der Waals surface area (Å²) in [7, 11) is 0. The quantitative estimate of drug-likeness (QED) is 0.479. The molecule has 1 aliphatic carbocycles. The zero-order valence-electron chi connectivity index (χ0n) is 8.68. The smallest absolute Gasteiger partial charge is 0.310 e. The highest BCUT2D eigenvalue weighted by Crippen LogP contribution is 2.58. The standard InChI is InChI=1S/C11H16O2/c1-5-7-8-9(11(8,3)4)10(12)13-6-2/h8-9H,6H2,1-4H3/t8-,9+/m0/s1. The zero-order valence-corrected chi connectivity index (χ0v) is 8.68. The Labute approximate surface area is 79.7 Å². The molecule has 1 rings (SSSR count). The molecule has 0 amide bonds. The van der Waals surface area contributed by atoms with Gasteiger partial charge in [-0.2, -0.15) is 0 Å². The third kappa shape index (κ3) is 1.70. The van der Waals surface area contributed by atoms with Crippen molar-refractivity contribution >= 4 is 5.97 Å². The largest absolute Gasteiger partial charge is 0.466 e. The van der Waals surface area contributed by atoms with Crippen molar-refractivity contribution in [1.29, 1.82) is 0 Å². The molecule has 1 aliphatic rings. The molecule has 0 aromatic rings. The molecule has 0 saturated heterocycles. The summed E-state index contributed by atoms with van der Waals surface area (Å²) in [5.74, 6) is 5.98. The second-order valence-corrected chi connectivity index (χ2v) is 3.92. The fourth-order valence-electron chi connectivity index (χ4n) is 1.73. The molecule has 0 radical (unpaired) electrons. The van der Waals surface area contributed by atoms with Gasteiger partial charge in [-0.15, -0.1) is 5.92 Å². The summed E-state index contributed by atoms with van der Waals surface area (Å²) in [6.07, 6.45) is 0. The lowest BCUT2D eigenvalue weighted by Gasteiger charge is -2.01. The van der Waals surface area contributed by atoms with E-state index < -0.39 is 0 Å². The number of carbonyl (C=O) groups excluding carboxylic acids is 1. The monoisotopic (exact) mass is 180 g/mol. The lowest BCUT2D eigenvalue weighted by atomic mass is 10.1. The highest BCUT2D eigenvalue weighted by molar-refractivity contribution is 5.78. The summed E-state index contributed by atoms with van der Waals surface area (Å²) >= 11 is 0. The van der Waals surface area contributed by atoms with Crippen molar-refractivity contribution in [3.05, 3.63) is 0 Å². The third-order valence-corrected chi connectivity index (χ3v) is 2.67. The molecular weight excluding hydrogens is 164 g/mol. The van der Waals surface area contributed by atoms with Crippen LogP contribution in [-0.4, -0.2) is 12.6 Å². The fourth-order valence-corrected chi connectivity index (χ4v) is 1.73. The van der Waals surface area contributed by atoms with Crippen LogP contribution >= 0.6 is 0 Å². The van der Waals surface area contributed by atoms with E-state index in [2.05, 4.69) is 25.7 Å². The molecule has 0 aromatic heterocycles. The van der Waals surface area contributed by atoms with Crippen LogP contribution in [0.5, 0.6) is 0 Å². The maximum absolute atomic E-state index is 11.4. The predicted molar refractivity (Wildman–Crippen MR) is 50.8 cm³/mol. The average Bonchev–Trinajstić information content (AvgIpc) is 2.55. The van der Waals surface area contributed by atoms with Crippen molar-refractivity contribution in [2.75, 3.05) is 6.61 Å². The molecule has 0 bridgehead atoms. The minimum atomic E-state index is -0.0970. The number of hydrogen-bond acceptors (Lipinski definition) is 2. The van der Waals surface area contributed by atoms with Crippen molar-refractivity contribution < 1.29 is 9.53 Å². The van der Waals surface area contributed by atoms with Gasteiger partial charge in [-0.3, -0.25) is 4.79 Å². The van der Waals surface area contributed by atoms with Gasteiger partial charge < -0.3 is 4.74 Å². The van der Waals surface area contributed by atoms with Gasteiger partial charge in [-0.1, -0.05) is 19.8 Å². The normalized spacial score (nSPS) is 28.6. The first kappa shape index (κ1) is 10.1. The Balaban J connectivity index is 2.63. The maximum atomic E-state index is 11.4. The third-order valence-electron chi connectivity index (χ3n) is 2.67. The Morgan fingerprint density at radius 1 is 1.54 bits per heavy atom. The molecule has 0 heterocycles. The van der Waals surface area contributed by atoms with Crippen molar-refractivity contribution in [3.63, 3.8) is 0 Å². The van der Waals surface area contributed by atoms with Gasteiger partial charge in [0.1, 0.15) is 0 Å². The predicted octanol–water partition coefficient (Wildman–Crippen LogP) is 1.84. The number of hydrogen-bond donors (Lipinski definition) is 0. The second-order valence-electron chi connectivity index (χ2n) is 3.92. The van der Waals surface area contributed by atoms with Crippen LogP contribution in [0.3, 0.4) is 0 Å². The number of carbonyl (C=O) groups is 1. The summed E-state index contributed by atoms with van der Waals surface area (Å²) in [5.41, 5.74) is 0.00919. The lowest BCUT2D eigenvalue weighted by molar-refractivity contribution is -0.145. The first-order valence-corrected chi connectivity index (χ1v) is 4.64. The minimum Gasteiger partial charge on any atom is -0.466 e. The summed E-state index contributed by atoms with van der Waals surface area (Å²) in [5, 5.41) is 0. The molecule has 72 valence electrons. The molecule has 2 atom stereocenters. The topological polar surface area (TPSA) is 26.3 Å². The van der Waals surface area contributed by atoms with E-state index in [-0.39, 0.29) is 23.2 Å². The van der Waals surface area contributed by atoms with Crippen LogP contribution in [0.25, 0.3) is 0 Å². The van der Waals surface area contributed by atoms with Crippen LogP contribution in [0.2, 0.25) is 0 Å². The van der Waals surface area contributed by atoms with Gasteiger partial charge in [0.25, 0.3) is 0 Å². The Kier molecular flexibility index (Phi) is 2.66. The molecule has 1 saturated carbocycles. The van der Waals surface area contributed by atoms with Gasteiger partial charge in [0.2, 0.25) is 0 Å². The maximum Gasteiger partial charge on any atom is 0.310 e. The summed E-state index contributed by atoms with van der Waals surface area (Å²) in [6, 6.07) is 0. The Hall–Kier alpha value is -0.970. The highest BCUT2D eigenvalue weighted by atomic mass is 16.5. The van der Waals surface area contributed by atoms with Gasteiger partial charge in [-0.25, -0.2) is 0 Å². The number of esters is 1. The van der Waals surface area contributed by atoms with Crippen molar-refractivity contribution in [2.24, 2.45) is 17.3 Å². The molecule has 2 nitrogen and oxygen atoms in total. The van der Waals surface area contributed by atoms with Gasteiger partial charge >= 0.3 is 5.97 Å². The summed E-state index contributed by atoms with van der Waals surface area (Å²) < 4.78 is 4.97. The van der Waals surface area contributed by atoms with E-state index >= 15 is 0 Å². The molecular formula is C11H16O2. The molecule has 0 spiro atoms. The second kappa shape index (κ2) is 3.41. The molecule has 1 fully saturated rings. The van der Waals surface area contributed by atoms with Crippen LogP contribution < -0.4 is 0 Å². The van der Waals surface area contributed by atoms with E-state index in [9.17, 15) is 4.79 Å². The van der Waals surface area contributed by atoms with E-state index in [1.165, 1.54) is 0 Å². The minimum absolute atomic E-state index is 0.00919. The van der Waals surface area contributed by atoms with Crippen LogP contribution in [0, 0.1) is 29.1 Å². The lowest BCUT2D eigenvalue weighted by Crippen LogP contribution is -2.10. The first-order chi connectivity index (χ1) is 6.05. The fraction of sp³-hybridized carbons (Fsp3) is 0.727. The summed E-state index contributed by atoms with van der Waals surface area (Å²) in [4.78, 5) is 11.4. The van der Waals surface area contributed by atoms with E-state index in [0.29, 0.717) is 6.61 Å². The van der Waals surface area contributed by atoms with Gasteiger partial charge in [0.05, 0.1) is 12.5 Å². The van der Waals surface area contributed by atoms with Gasteiger partial charge in [-0.05, 0) is 19.3 Å². The van der Waals surface area contributed by atoms with Gasteiger partial charge in [0.15, 0.2) is 0 Å². The first-order valence-electron chi connectivity index (χ1n) is 4.64. The average molecular weight is 180 g/mol. The Morgan fingerprint density at radius 2 is 2.15 bits per heavy atom.